The molecule has 0 atom stereocenters. The second-order valence-electron chi connectivity index (χ2n) is 6.18. The molecule has 5 heterocycles. The first kappa shape index (κ1) is 14.3. The van der Waals surface area contributed by atoms with Crippen LogP contribution in [0.3, 0.4) is 0 Å². The number of tetrazole rings is 1. The van der Waals surface area contributed by atoms with Crippen LogP contribution in [0.25, 0.3) is 11.3 Å². The molecule has 0 N–H and O–H groups in total. The fourth-order valence-electron chi connectivity index (χ4n) is 3.24. The Morgan fingerprint density at radius 2 is 1.88 bits per heavy atom. The molecule has 1 aliphatic heterocycles. The molecule has 0 amide bonds. The van der Waals surface area contributed by atoms with Crippen LogP contribution >= 0.6 is 0 Å². The maximum absolute atomic E-state index is 4.68. The number of piperazine rings is 1. The van der Waals surface area contributed by atoms with E-state index in [4.69, 9.17) is 0 Å². The largest absolute Gasteiger partial charge is 0.353 e. The van der Waals surface area contributed by atoms with Gasteiger partial charge in [-0.1, -0.05) is 6.07 Å². The van der Waals surface area contributed by atoms with E-state index >= 15 is 0 Å². The Labute approximate surface area is 143 Å². The van der Waals surface area contributed by atoms with E-state index in [0.29, 0.717) is 5.65 Å². The van der Waals surface area contributed by atoms with Gasteiger partial charge in [-0.05, 0) is 34.7 Å². The minimum Gasteiger partial charge on any atom is -0.353 e. The molecule has 1 saturated heterocycles. The molecule has 0 saturated carbocycles. The van der Waals surface area contributed by atoms with Gasteiger partial charge in [0.25, 0.3) is 0 Å². The molecule has 1 fully saturated rings. The smallest absolute Gasteiger partial charge is 0.200 e. The Morgan fingerprint density at radius 3 is 2.76 bits per heavy atom. The van der Waals surface area contributed by atoms with Gasteiger partial charge in [-0.15, -0.1) is 14.8 Å². The van der Waals surface area contributed by atoms with Crippen LogP contribution in [0.1, 0.15) is 5.69 Å². The maximum atomic E-state index is 4.68. The summed E-state index contributed by atoms with van der Waals surface area (Å²) in [6.45, 7) is 4.67. The molecule has 4 aromatic heterocycles. The van der Waals surface area contributed by atoms with E-state index in [1.54, 1.807) is 0 Å². The molecule has 5 rings (SSSR count). The number of aromatic nitrogens is 7. The monoisotopic (exact) mass is 335 g/mol. The predicted octanol–water partition coefficient (Wildman–Crippen LogP) is 0.489. The van der Waals surface area contributed by atoms with E-state index in [1.807, 2.05) is 36.5 Å². The van der Waals surface area contributed by atoms with Gasteiger partial charge in [-0.2, -0.15) is 0 Å². The van der Waals surface area contributed by atoms with Crippen molar-refractivity contribution in [2.24, 2.45) is 0 Å². The molecule has 25 heavy (non-hydrogen) atoms. The minimum atomic E-state index is 0.661. The summed E-state index contributed by atoms with van der Waals surface area (Å²) in [6.07, 6.45) is 4.14. The molecule has 0 bridgehead atoms. The third kappa shape index (κ3) is 2.68. The average molecular weight is 335 g/mol. The van der Waals surface area contributed by atoms with E-state index in [-0.39, 0.29) is 0 Å². The molecule has 0 aliphatic carbocycles. The molecule has 9 nitrogen and oxygen atoms in total. The fraction of sp³-hybridized carbons (Fsp3) is 0.312. The molecular formula is C16H17N9. The van der Waals surface area contributed by atoms with Crippen LogP contribution in [0.15, 0.2) is 42.7 Å². The Balaban J connectivity index is 1.26. The molecule has 1 aliphatic rings. The molecule has 0 radical (unpaired) electrons. The van der Waals surface area contributed by atoms with Crippen molar-refractivity contribution in [3.63, 3.8) is 0 Å². The van der Waals surface area contributed by atoms with Crippen molar-refractivity contribution < 1.29 is 0 Å². The molecule has 0 spiro atoms. The van der Waals surface area contributed by atoms with Crippen LogP contribution in [-0.2, 0) is 6.54 Å². The number of rotatable bonds is 3. The van der Waals surface area contributed by atoms with Gasteiger partial charge < -0.3 is 9.30 Å². The number of pyridine rings is 1. The van der Waals surface area contributed by atoms with Gasteiger partial charge in [0.05, 0.1) is 5.69 Å². The van der Waals surface area contributed by atoms with Crippen molar-refractivity contribution in [1.29, 1.82) is 0 Å². The molecule has 0 aromatic carbocycles. The number of anilines is 1. The lowest BCUT2D eigenvalue weighted by Crippen LogP contribution is -2.46. The van der Waals surface area contributed by atoms with Crippen molar-refractivity contribution in [3.8, 4) is 0 Å². The molecular weight excluding hydrogens is 318 g/mol. The van der Waals surface area contributed by atoms with Crippen molar-refractivity contribution in [2.75, 3.05) is 31.1 Å². The lowest BCUT2D eigenvalue weighted by molar-refractivity contribution is 0.246. The predicted molar refractivity (Wildman–Crippen MR) is 91.3 cm³/mol. The second kappa shape index (κ2) is 5.78. The Morgan fingerprint density at radius 1 is 0.960 bits per heavy atom. The zero-order valence-electron chi connectivity index (χ0n) is 13.6. The third-order valence-corrected chi connectivity index (χ3v) is 4.55. The van der Waals surface area contributed by atoms with Gasteiger partial charge in [0, 0.05) is 45.1 Å². The number of hydrogen-bond donors (Lipinski definition) is 0. The third-order valence-electron chi connectivity index (χ3n) is 4.55. The zero-order valence-corrected chi connectivity index (χ0v) is 13.6. The number of hydrogen-bond acceptors (Lipinski definition) is 7. The number of imidazole rings is 1. The standard InChI is InChI=1S/C16H17N9/c1-2-6-24-12-13(17-14(24)3-1)11-22-7-9-23(10-8-22)16-5-4-15-18-20-21-25(15)19-16/h1-6,12H,7-11H2. The van der Waals surface area contributed by atoms with Crippen LogP contribution in [-0.4, -0.2) is 65.7 Å². The molecule has 4 aromatic rings. The van der Waals surface area contributed by atoms with Crippen molar-refractivity contribution in [2.45, 2.75) is 6.54 Å². The summed E-state index contributed by atoms with van der Waals surface area (Å²) in [5.41, 5.74) is 2.76. The first-order chi connectivity index (χ1) is 12.3. The Hall–Kier alpha value is -3.07. The summed E-state index contributed by atoms with van der Waals surface area (Å²) < 4.78 is 3.54. The Kier molecular flexibility index (Phi) is 3.30. The second-order valence-corrected chi connectivity index (χ2v) is 6.18. The lowest BCUT2D eigenvalue weighted by atomic mass is 10.3. The summed E-state index contributed by atoms with van der Waals surface area (Å²) in [5.74, 6) is 0.909. The van der Waals surface area contributed by atoms with Gasteiger partial charge in [0.15, 0.2) is 11.5 Å². The quantitative estimate of drug-likeness (QED) is 0.539. The van der Waals surface area contributed by atoms with Crippen molar-refractivity contribution in [3.05, 3.63) is 48.4 Å². The summed E-state index contributed by atoms with van der Waals surface area (Å²) in [7, 11) is 0. The van der Waals surface area contributed by atoms with E-state index < -0.39 is 0 Å². The van der Waals surface area contributed by atoms with E-state index in [2.05, 4.69) is 46.0 Å². The highest BCUT2D eigenvalue weighted by Gasteiger charge is 2.19. The summed E-state index contributed by atoms with van der Waals surface area (Å²) in [4.78, 5) is 9.37. The highest BCUT2D eigenvalue weighted by molar-refractivity contribution is 5.44. The van der Waals surface area contributed by atoms with Crippen LogP contribution in [0, 0.1) is 0 Å². The molecule has 0 unspecified atom stereocenters. The molecule has 9 heteroatoms. The van der Waals surface area contributed by atoms with Crippen LogP contribution in [0.4, 0.5) is 5.82 Å². The topological polar surface area (TPSA) is 79.8 Å². The van der Waals surface area contributed by atoms with Crippen molar-refractivity contribution in [1.82, 2.24) is 39.5 Å². The van der Waals surface area contributed by atoms with Crippen molar-refractivity contribution >= 4 is 17.1 Å². The van der Waals surface area contributed by atoms with Gasteiger partial charge in [-0.25, -0.2) is 4.98 Å². The SMILES string of the molecule is c1ccn2cc(CN3CCN(c4ccc5nnnn5n4)CC3)nc2c1. The number of fused-ring (bicyclic) bond motifs is 2. The van der Waals surface area contributed by atoms with Gasteiger partial charge >= 0.3 is 0 Å². The van der Waals surface area contributed by atoms with E-state index in [9.17, 15) is 0 Å². The number of nitrogens with zero attached hydrogens (tertiary/aromatic N) is 9. The summed E-state index contributed by atoms with van der Waals surface area (Å²) in [5, 5.41) is 15.8. The summed E-state index contributed by atoms with van der Waals surface area (Å²) in [6, 6.07) is 9.93. The first-order valence-corrected chi connectivity index (χ1v) is 8.30. The van der Waals surface area contributed by atoms with Gasteiger partial charge in [0.1, 0.15) is 5.65 Å². The van der Waals surface area contributed by atoms with Gasteiger partial charge in [-0.3, -0.25) is 4.90 Å². The van der Waals surface area contributed by atoms with Crippen LogP contribution in [0.2, 0.25) is 0 Å². The highest BCUT2D eigenvalue weighted by Crippen LogP contribution is 2.15. The Bertz CT molecular complexity index is 979. The fourth-order valence-corrected chi connectivity index (χ4v) is 3.24. The summed E-state index contributed by atoms with van der Waals surface area (Å²) >= 11 is 0. The zero-order chi connectivity index (χ0) is 16.6. The van der Waals surface area contributed by atoms with Crippen LogP contribution < -0.4 is 4.90 Å². The average Bonchev–Trinajstić information content (AvgIpc) is 3.27. The van der Waals surface area contributed by atoms with Gasteiger partial charge in [0.2, 0.25) is 0 Å². The van der Waals surface area contributed by atoms with Crippen LogP contribution in [0.5, 0.6) is 0 Å². The van der Waals surface area contributed by atoms with E-state index in [1.165, 1.54) is 4.63 Å². The first-order valence-electron chi connectivity index (χ1n) is 8.30. The minimum absolute atomic E-state index is 0.661. The maximum Gasteiger partial charge on any atom is 0.200 e. The normalized spacial score (nSPS) is 16.1. The lowest BCUT2D eigenvalue weighted by Gasteiger charge is -2.34. The molecule has 126 valence electrons. The highest BCUT2D eigenvalue weighted by atomic mass is 15.6. The van der Waals surface area contributed by atoms with E-state index in [0.717, 1.165) is 49.9 Å².